The molecule has 3 saturated heterocycles. The van der Waals surface area contributed by atoms with Gasteiger partial charge in [0.1, 0.15) is 11.9 Å². The number of anilines is 1. The minimum Gasteiger partial charge on any atom is -0.373 e. The molecule has 190 valence electrons. The summed E-state index contributed by atoms with van der Waals surface area (Å²) in [6, 6.07) is 5.53. The van der Waals surface area contributed by atoms with Gasteiger partial charge < -0.3 is 19.3 Å². The molecule has 0 bridgehead atoms. The van der Waals surface area contributed by atoms with E-state index in [1.54, 1.807) is 17.0 Å². The van der Waals surface area contributed by atoms with Gasteiger partial charge in [-0.1, -0.05) is 0 Å². The lowest BCUT2D eigenvalue weighted by Gasteiger charge is -2.35. The minimum atomic E-state index is -4.71. The Hall–Kier alpha value is -2.95. The number of rotatable bonds is 6. The predicted octanol–water partition coefficient (Wildman–Crippen LogP) is 0.738. The fourth-order valence-electron chi connectivity index (χ4n) is 4.55. The highest BCUT2D eigenvalue weighted by molar-refractivity contribution is 5.80. The Kier molecular flexibility index (Phi) is 7.73. The highest BCUT2D eigenvalue weighted by atomic mass is 19.4. The summed E-state index contributed by atoms with van der Waals surface area (Å²) in [5.41, 5.74) is 4.90. The fourth-order valence-corrected chi connectivity index (χ4v) is 4.55. The van der Waals surface area contributed by atoms with Crippen LogP contribution in [0.15, 0.2) is 18.3 Å². The molecular weight excluding hydrogens is 469 g/mol. The van der Waals surface area contributed by atoms with Crippen LogP contribution in [-0.4, -0.2) is 85.5 Å². The second-order valence-electron chi connectivity index (χ2n) is 8.81. The molecule has 3 aliphatic rings. The van der Waals surface area contributed by atoms with E-state index in [1.165, 1.54) is 6.20 Å². The Morgan fingerprint density at radius 3 is 2.63 bits per heavy atom. The van der Waals surface area contributed by atoms with Crippen LogP contribution in [-0.2, 0) is 19.1 Å². The van der Waals surface area contributed by atoms with Crippen molar-refractivity contribution in [2.75, 3.05) is 44.2 Å². The molecule has 0 spiro atoms. The van der Waals surface area contributed by atoms with Crippen LogP contribution in [0.2, 0.25) is 0 Å². The van der Waals surface area contributed by atoms with Crippen LogP contribution in [0.4, 0.5) is 19.0 Å². The van der Waals surface area contributed by atoms with Crippen molar-refractivity contribution >= 4 is 17.6 Å². The van der Waals surface area contributed by atoms with Gasteiger partial charge in [-0.3, -0.25) is 15.0 Å². The van der Waals surface area contributed by atoms with Gasteiger partial charge in [0.15, 0.2) is 5.92 Å². The van der Waals surface area contributed by atoms with Crippen molar-refractivity contribution in [1.82, 2.24) is 20.7 Å². The lowest BCUT2D eigenvalue weighted by molar-refractivity contribution is -0.215. The average molecular weight is 496 g/mol. The molecular formula is C22H27F3N6O4. The van der Waals surface area contributed by atoms with Crippen molar-refractivity contribution in [2.45, 2.75) is 43.8 Å². The number of carbonyl (C=O) groups is 2. The first-order valence-electron chi connectivity index (χ1n) is 11.5. The van der Waals surface area contributed by atoms with Gasteiger partial charge in [0.2, 0.25) is 11.8 Å². The van der Waals surface area contributed by atoms with E-state index in [2.05, 4.69) is 15.3 Å². The number of nitrogens with one attached hydrogen (secondary N) is 2. The van der Waals surface area contributed by atoms with Gasteiger partial charge >= 0.3 is 6.18 Å². The van der Waals surface area contributed by atoms with Gasteiger partial charge in [0.05, 0.1) is 36.9 Å². The molecule has 2 N–H and O–H groups in total. The smallest absolute Gasteiger partial charge is 0.373 e. The van der Waals surface area contributed by atoms with E-state index in [0.29, 0.717) is 44.6 Å². The molecule has 4 rings (SSSR count). The van der Waals surface area contributed by atoms with Crippen LogP contribution in [0.1, 0.15) is 24.8 Å². The zero-order valence-corrected chi connectivity index (χ0v) is 19.0. The zero-order valence-electron chi connectivity index (χ0n) is 19.0. The number of ether oxygens (including phenoxy) is 2. The molecule has 0 radical (unpaired) electrons. The van der Waals surface area contributed by atoms with E-state index in [4.69, 9.17) is 14.7 Å². The number of alkyl halides is 3. The molecule has 13 heteroatoms. The fraction of sp³-hybridized carbons (Fsp3) is 0.636. The highest BCUT2D eigenvalue weighted by Crippen LogP contribution is 2.32. The van der Waals surface area contributed by atoms with Crippen molar-refractivity contribution < 1.29 is 32.2 Å². The summed E-state index contributed by atoms with van der Waals surface area (Å²) in [4.78, 5) is 32.5. The number of pyridine rings is 1. The number of hydrogen-bond acceptors (Lipinski definition) is 8. The minimum absolute atomic E-state index is 0.0331. The molecule has 1 aromatic rings. The topological polar surface area (TPSA) is 120 Å². The average Bonchev–Trinajstić information content (AvgIpc) is 3.29. The van der Waals surface area contributed by atoms with Crippen LogP contribution in [0.3, 0.4) is 0 Å². The van der Waals surface area contributed by atoms with Crippen LogP contribution >= 0.6 is 0 Å². The second kappa shape index (κ2) is 10.8. The number of hydrazine groups is 1. The normalized spacial score (nSPS) is 27.4. The first-order chi connectivity index (χ1) is 16.7. The first kappa shape index (κ1) is 25.2. The molecule has 3 fully saturated rings. The SMILES string of the molecule is N#Cc1ccc(N2CCN(C(=O)C[C@@H]3CC[C@H](COC4CNNC(=O)C4C(F)(F)F)O3)CC2)nc1. The van der Waals surface area contributed by atoms with Crippen molar-refractivity contribution in [3.8, 4) is 6.07 Å². The molecule has 0 aromatic carbocycles. The van der Waals surface area contributed by atoms with Gasteiger partial charge in [-0.05, 0) is 25.0 Å². The number of halogens is 3. The summed E-state index contributed by atoms with van der Waals surface area (Å²) < 4.78 is 50.9. The van der Waals surface area contributed by atoms with Crippen LogP contribution in [0.25, 0.3) is 0 Å². The predicted molar refractivity (Wildman–Crippen MR) is 116 cm³/mol. The van der Waals surface area contributed by atoms with E-state index in [1.807, 2.05) is 11.5 Å². The van der Waals surface area contributed by atoms with Gasteiger partial charge in [0, 0.05) is 38.9 Å². The van der Waals surface area contributed by atoms with Crippen LogP contribution in [0.5, 0.6) is 0 Å². The molecule has 0 aliphatic carbocycles. The highest BCUT2D eigenvalue weighted by Gasteiger charge is 2.52. The van der Waals surface area contributed by atoms with E-state index in [9.17, 15) is 22.8 Å². The Labute approximate surface area is 200 Å². The lowest BCUT2D eigenvalue weighted by atomic mass is 9.99. The Morgan fingerprint density at radius 1 is 1.23 bits per heavy atom. The summed E-state index contributed by atoms with van der Waals surface area (Å²) in [5, 5.41) is 8.88. The Bertz CT molecular complexity index is 946. The van der Waals surface area contributed by atoms with Gasteiger partial charge in [-0.2, -0.15) is 18.4 Å². The molecule has 3 aliphatic heterocycles. The largest absolute Gasteiger partial charge is 0.403 e. The van der Waals surface area contributed by atoms with E-state index in [0.717, 1.165) is 5.82 Å². The summed E-state index contributed by atoms with van der Waals surface area (Å²) in [7, 11) is 0. The first-order valence-corrected chi connectivity index (χ1v) is 11.5. The maximum Gasteiger partial charge on any atom is 0.403 e. The number of nitrogens with zero attached hydrogens (tertiary/aromatic N) is 4. The molecule has 35 heavy (non-hydrogen) atoms. The maximum atomic E-state index is 13.2. The second-order valence-corrected chi connectivity index (χ2v) is 8.81. The number of nitriles is 1. The third kappa shape index (κ3) is 6.19. The number of aromatic nitrogens is 1. The van der Waals surface area contributed by atoms with E-state index in [-0.39, 0.29) is 31.6 Å². The van der Waals surface area contributed by atoms with Gasteiger partial charge in [-0.15, -0.1) is 0 Å². The molecule has 0 saturated carbocycles. The third-order valence-corrected chi connectivity index (χ3v) is 6.45. The van der Waals surface area contributed by atoms with Gasteiger partial charge in [-0.25, -0.2) is 10.4 Å². The Morgan fingerprint density at radius 2 is 1.97 bits per heavy atom. The van der Waals surface area contributed by atoms with Crippen LogP contribution in [0, 0.1) is 17.2 Å². The number of hydrogen-bond donors (Lipinski definition) is 2. The maximum absolute atomic E-state index is 13.2. The number of amides is 2. The third-order valence-electron chi connectivity index (χ3n) is 6.45. The van der Waals surface area contributed by atoms with Crippen LogP contribution < -0.4 is 15.8 Å². The molecule has 4 heterocycles. The standard InChI is InChI=1S/C22H27F3N6O4/c23-22(24,25)20-17(12-28-29-21(20)33)34-13-16-3-2-15(35-16)9-19(32)31-7-5-30(6-8-31)18-4-1-14(10-26)11-27-18/h1,4,11,15-17,20,28H,2-3,5-9,12-13H2,(H,29,33)/t15-,16+,17?,20?/m0/s1. The monoisotopic (exact) mass is 496 g/mol. The molecule has 4 atom stereocenters. The molecule has 10 nitrogen and oxygen atoms in total. The van der Waals surface area contributed by atoms with Crippen molar-refractivity contribution in [3.63, 3.8) is 0 Å². The number of carbonyl (C=O) groups excluding carboxylic acids is 2. The molecule has 2 amide bonds. The van der Waals surface area contributed by atoms with E-state index < -0.39 is 30.2 Å². The summed E-state index contributed by atoms with van der Waals surface area (Å²) >= 11 is 0. The summed E-state index contributed by atoms with van der Waals surface area (Å²) in [5.74, 6) is -2.67. The summed E-state index contributed by atoms with van der Waals surface area (Å²) in [6.07, 6.45) is -3.89. The Balaban J connectivity index is 1.19. The van der Waals surface area contributed by atoms with Crippen molar-refractivity contribution in [2.24, 2.45) is 5.92 Å². The molecule has 1 aromatic heterocycles. The molecule has 2 unspecified atom stereocenters. The van der Waals surface area contributed by atoms with Crippen molar-refractivity contribution in [1.29, 1.82) is 5.26 Å². The lowest BCUT2D eigenvalue weighted by Crippen LogP contribution is -2.60. The quantitative estimate of drug-likeness (QED) is 0.592. The zero-order chi connectivity index (χ0) is 25.0. The van der Waals surface area contributed by atoms with Gasteiger partial charge in [0.25, 0.3) is 0 Å². The summed E-state index contributed by atoms with van der Waals surface area (Å²) in [6.45, 7) is 2.08. The van der Waals surface area contributed by atoms with Crippen molar-refractivity contribution in [3.05, 3.63) is 23.9 Å². The van der Waals surface area contributed by atoms with E-state index >= 15 is 0 Å². The number of piperazine rings is 1.